The summed E-state index contributed by atoms with van der Waals surface area (Å²) >= 11 is 0. The Labute approximate surface area is 118 Å². The minimum atomic E-state index is -0.281. The van der Waals surface area contributed by atoms with Gasteiger partial charge in [-0.2, -0.15) is 0 Å². The van der Waals surface area contributed by atoms with Gasteiger partial charge in [-0.1, -0.05) is 24.3 Å². The summed E-state index contributed by atoms with van der Waals surface area (Å²) in [6.45, 7) is 2.74. The Morgan fingerprint density at radius 3 is 2.75 bits per heavy atom. The number of hydrogen-bond acceptors (Lipinski definition) is 3. The van der Waals surface area contributed by atoms with Gasteiger partial charge in [0.2, 0.25) is 11.8 Å². The lowest BCUT2D eigenvalue weighted by molar-refractivity contribution is -0.138. The average Bonchev–Trinajstić information content (AvgIpc) is 2.93. The molecule has 4 nitrogen and oxygen atoms in total. The quantitative estimate of drug-likeness (QED) is 0.838. The molecule has 2 heterocycles. The van der Waals surface area contributed by atoms with E-state index in [-0.39, 0.29) is 29.8 Å². The summed E-state index contributed by atoms with van der Waals surface area (Å²) in [5.74, 6) is -0.687. The van der Waals surface area contributed by atoms with Gasteiger partial charge in [0.1, 0.15) is 0 Å². The minimum absolute atomic E-state index is 0.0228. The maximum Gasteiger partial charge on any atom is 0.234 e. The predicted octanol–water partition coefficient (Wildman–Crippen LogP) is 1.92. The van der Waals surface area contributed by atoms with Crippen molar-refractivity contribution in [1.82, 2.24) is 5.32 Å². The Bertz CT molecular complexity index is 534. The molecule has 2 amide bonds. The van der Waals surface area contributed by atoms with E-state index in [0.29, 0.717) is 6.42 Å². The first kappa shape index (κ1) is 13.3. The number of amides is 2. The second-order valence-corrected chi connectivity index (χ2v) is 5.67. The molecule has 3 atom stereocenters. The molecule has 1 aromatic rings. The standard InChI is InChI=1S/C16H19NO3/c1-10-5-2-3-6-11(10)15-12(13-7-4-8-20-13)9-14(18)17-16(15)19/h2-3,5-6,12-13,15H,4,7-9H2,1H3,(H,17,18,19). The molecule has 0 bridgehead atoms. The van der Waals surface area contributed by atoms with Crippen molar-refractivity contribution in [3.05, 3.63) is 35.4 Å². The lowest BCUT2D eigenvalue weighted by Crippen LogP contribution is -2.48. The van der Waals surface area contributed by atoms with Gasteiger partial charge in [-0.05, 0) is 30.9 Å². The molecule has 0 saturated carbocycles. The summed E-state index contributed by atoms with van der Waals surface area (Å²) < 4.78 is 5.75. The first-order valence-corrected chi connectivity index (χ1v) is 7.17. The van der Waals surface area contributed by atoms with Crippen LogP contribution in [0.5, 0.6) is 0 Å². The molecule has 3 unspecified atom stereocenters. The van der Waals surface area contributed by atoms with Gasteiger partial charge < -0.3 is 4.74 Å². The fourth-order valence-corrected chi connectivity index (χ4v) is 3.39. The van der Waals surface area contributed by atoms with Crippen molar-refractivity contribution in [3.8, 4) is 0 Å². The molecule has 2 fully saturated rings. The summed E-state index contributed by atoms with van der Waals surface area (Å²) in [6, 6.07) is 7.90. The van der Waals surface area contributed by atoms with Crippen molar-refractivity contribution in [2.45, 2.75) is 38.2 Å². The molecule has 0 aliphatic carbocycles. The summed E-state index contributed by atoms with van der Waals surface area (Å²) in [6.07, 6.45) is 2.34. The Morgan fingerprint density at radius 1 is 1.25 bits per heavy atom. The van der Waals surface area contributed by atoms with E-state index in [1.54, 1.807) is 0 Å². The van der Waals surface area contributed by atoms with Gasteiger partial charge in [-0.25, -0.2) is 0 Å². The number of ether oxygens (including phenoxy) is 1. The van der Waals surface area contributed by atoms with Crippen LogP contribution in [0, 0.1) is 12.8 Å². The van der Waals surface area contributed by atoms with Gasteiger partial charge >= 0.3 is 0 Å². The topological polar surface area (TPSA) is 55.4 Å². The Balaban J connectivity index is 1.97. The molecule has 0 radical (unpaired) electrons. The predicted molar refractivity (Wildman–Crippen MR) is 74.2 cm³/mol. The third kappa shape index (κ3) is 2.36. The summed E-state index contributed by atoms with van der Waals surface area (Å²) in [5.41, 5.74) is 2.10. The largest absolute Gasteiger partial charge is 0.378 e. The van der Waals surface area contributed by atoms with Crippen LogP contribution in [0.1, 0.15) is 36.3 Å². The monoisotopic (exact) mass is 273 g/mol. The van der Waals surface area contributed by atoms with E-state index in [1.807, 2.05) is 31.2 Å². The van der Waals surface area contributed by atoms with Crippen molar-refractivity contribution in [2.24, 2.45) is 5.92 Å². The third-order valence-electron chi connectivity index (χ3n) is 4.36. The molecular weight excluding hydrogens is 254 g/mol. The van der Waals surface area contributed by atoms with E-state index < -0.39 is 0 Å². The maximum absolute atomic E-state index is 12.3. The molecule has 1 aromatic carbocycles. The minimum Gasteiger partial charge on any atom is -0.378 e. The third-order valence-corrected chi connectivity index (χ3v) is 4.36. The number of aryl methyl sites for hydroxylation is 1. The van der Waals surface area contributed by atoms with E-state index in [9.17, 15) is 9.59 Å². The van der Waals surface area contributed by atoms with E-state index in [0.717, 1.165) is 30.6 Å². The number of hydrogen-bond donors (Lipinski definition) is 1. The molecule has 2 saturated heterocycles. The van der Waals surface area contributed by atoms with Crippen molar-refractivity contribution in [1.29, 1.82) is 0 Å². The number of benzene rings is 1. The highest BCUT2D eigenvalue weighted by atomic mass is 16.5. The Kier molecular flexibility index (Phi) is 3.57. The molecule has 2 aliphatic heterocycles. The lowest BCUT2D eigenvalue weighted by atomic mass is 9.75. The zero-order valence-electron chi connectivity index (χ0n) is 11.6. The van der Waals surface area contributed by atoms with Gasteiger partial charge in [-0.15, -0.1) is 0 Å². The van der Waals surface area contributed by atoms with Gasteiger partial charge in [0.15, 0.2) is 0 Å². The molecule has 1 N–H and O–H groups in total. The second kappa shape index (κ2) is 5.37. The lowest BCUT2D eigenvalue weighted by Gasteiger charge is -2.34. The molecule has 20 heavy (non-hydrogen) atoms. The van der Waals surface area contributed by atoms with E-state index in [4.69, 9.17) is 4.74 Å². The number of piperidine rings is 1. The van der Waals surface area contributed by atoms with Gasteiger partial charge in [0, 0.05) is 18.9 Å². The van der Waals surface area contributed by atoms with Crippen LogP contribution in [0.15, 0.2) is 24.3 Å². The fourth-order valence-electron chi connectivity index (χ4n) is 3.39. The summed E-state index contributed by atoms with van der Waals surface area (Å²) in [4.78, 5) is 24.1. The van der Waals surface area contributed by atoms with Crippen LogP contribution in [0.3, 0.4) is 0 Å². The molecule has 4 heteroatoms. The Hall–Kier alpha value is -1.68. The SMILES string of the molecule is Cc1ccccc1C1C(=O)NC(=O)CC1C1CCCO1. The molecule has 3 rings (SSSR count). The van der Waals surface area contributed by atoms with Crippen LogP contribution in [0.25, 0.3) is 0 Å². The van der Waals surface area contributed by atoms with Gasteiger partial charge in [-0.3, -0.25) is 14.9 Å². The highest BCUT2D eigenvalue weighted by Gasteiger charge is 2.43. The molecule has 0 aromatic heterocycles. The zero-order valence-corrected chi connectivity index (χ0v) is 11.6. The molecule has 2 aliphatic rings. The van der Waals surface area contributed by atoms with Crippen LogP contribution in [0.4, 0.5) is 0 Å². The highest BCUT2D eigenvalue weighted by Crippen LogP contribution is 2.38. The van der Waals surface area contributed by atoms with E-state index in [1.165, 1.54) is 0 Å². The summed E-state index contributed by atoms with van der Waals surface area (Å²) in [5, 5.41) is 2.48. The van der Waals surface area contributed by atoms with E-state index in [2.05, 4.69) is 5.32 Å². The van der Waals surface area contributed by atoms with Gasteiger partial charge in [0.25, 0.3) is 0 Å². The van der Waals surface area contributed by atoms with Gasteiger partial charge in [0.05, 0.1) is 12.0 Å². The summed E-state index contributed by atoms with van der Waals surface area (Å²) in [7, 11) is 0. The number of carbonyl (C=O) groups excluding carboxylic acids is 2. The van der Waals surface area contributed by atoms with Crippen molar-refractivity contribution in [2.75, 3.05) is 6.61 Å². The smallest absolute Gasteiger partial charge is 0.234 e. The molecule has 0 spiro atoms. The number of nitrogens with one attached hydrogen (secondary N) is 1. The van der Waals surface area contributed by atoms with Crippen LogP contribution in [0.2, 0.25) is 0 Å². The van der Waals surface area contributed by atoms with Crippen LogP contribution in [-0.4, -0.2) is 24.5 Å². The molecular formula is C16H19NO3. The normalized spacial score (nSPS) is 30.4. The van der Waals surface area contributed by atoms with E-state index >= 15 is 0 Å². The first-order chi connectivity index (χ1) is 9.66. The van der Waals surface area contributed by atoms with Crippen molar-refractivity contribution < 1.29 is 14.3 Å². The second-order valence-electron chi connectivity index (χ2n) is 5.67. The number of imide groups is 1. The molecule has 106 valence electrons. The zero-order chi connectivity index (χ0) is 14.1. The first-order valence-electron chi connectivity index (χ1n) is 7.17. The van der Waals surface area contributed by atoms with Crippen LogP contribution >= 0.6 is 0 Å². The fraction of sp³-hybridized carbons (Fsp3) is 0.500. The number of carbonyl (C=O) groups is 2. The van der Waals surface area contributed by atoms with Crippen LogP contribution in [-0.2, 0) is 14.3 Å². The van der Waals surface area contributed by atoms with Crippen molar-refractivity contribution >= 4 is 11.8 Å². The van der Waals surface area contributed by atoms with Crippen LogP contribution < -0.4 is 5.32 Å². The number of rotatable bonds is 2. The highest BCUT2D eigenvalue weighted by molar-refractivity contribution is 6.01. The van der Waals surface area contributed by atoms with Crippen molar-refractivity contribution in [3.63, 3.8) is 0 Å². The average molecular weight is 273 g/mol. The maximum atomic E-state index is 12.3. The Morgan fingerprint density at radius 2 is 2.05 bits per heavy atom.